The number of hydrogen-bond acceptors (Lipinski definition) is 3. The first-order valence-electron chi connectivity index (χ1n) is 4.65. The van der Waals surface area contributed by atoms with E-state index in [2.05, 4.69) is 15.9 Å². The van der Waals surface area contributed by atoms with Gasteiger partial charge in [0, 0.05) is 12.7 Å². The third kappa shape index (κ3) is 3.51. The van der Waals surface area contributed by atoms with Crippen LogP contribution in [0.15, 0.2) is 27.6 Å². The molecule has 1 aromatic rings. The second-order valence-electron chi connectivity index (χ2n) is 2.91. The Labute approximate surface area is 96.0 Å². The molecule has 0 unspecified atom stereocenters. The number of carbonyl (C=O) groups is 1. The van der Waals surface area contributed by atoms with Crippen molar-refractivity contribution in [3.05, 3.63) is 33.2 Å². The fraction of sp³-hybridized carbons (Fsp3) is 0.400. The van der Waals surface area contributed by atoms with E-state index in [-0.39, 0.29) is 17.9 Å². The molecule has 1 rings (SSSR count). The Hall–Kier alpha value is -1.10. The molecule has 0 saturated carbocycles. The van der Waals surface area contributed by atoms with Crippen LogP contribution in [-0.2, 0) is 16.1 Å². The number of rotatable bonds is 4. The molecule has 1 heterocycles. The highest BCUT2D eigenvalue weighted by Crippen LogP contribution is 2.01. The number of aromatic nitrogens is 1. The molecule has 0 bridgehead atoms. The van der Waals surface area contributed by atoms with E-state index in [4.69, 9.17) is 4.74 Å². The van der Waals surface area contributed by atoms with E-state index in [0.717, 1.165) is 0 Å². The summed E-state index contributed by atoms with van der Waals surface area (Å²) in [5.74, 6) is -0.288. The molecule has 0 saturated heterocycles. The zero-order chi connectivity index (χ0) is 11.3. The van der Waals surface area contributed by atoms with Crippen molar-refractivity contribution < 1.29 is 9.53 Å². The molecule has 82 valence electrons. The number of aryl methyl sites for hydroxylation is 1. The van der Waals surface area contributed by atoms with Gasteiger partial charge in [-0.25, -0.2) is 0 Å². The third-order valence-corrected chi connectivity index (χ3v) is 2.44. The summed E-state index contributed by atoms with van der Waals surface area (Å²) in [6.07, 6.45) is 1.86. The van der Waals surface area contributed by atoms with Crippen LogP contribution in [0.25, 0.3) is 0 Å². The van der Waals surface area contributed by atoms with Gasteiger partial charge in [-0.05, 0) is 35.0 Å². The van der Waals surface area contributed by atoms with Crippen LogP contribution in [0, 0.1) is 0 Å². The summed E-state index contributed by atoms with van der Waals surface area (Å²) < 4.78 is 6.74. The molecular weight excluding hydrogens is 262 g/mol. The van der Waals surface area contributed by atoms with Gasteiger partial charge in [-0.2, -0.15) is 0 Å². The van der Waals surface area contributed by atoms with Gasteiger partial charge < -0.3 is 9.30 Å². The number of halogens is 1. The van der Waals surface area contributed by atoms with Crippen LogP contribution in [0.2, 0.25) is 0 Å². The van der Waals surface area contributed by atoms with Crippen LogP contribution in [0.3, 0.4) is 0 Å². The summed E-state index contributed by atoms with van der Waals surface area (Å²) in [6, 6.07) is 3.42. The van der Waals surface area contributed by atoms with E-state index < -0.39 is 0 Å². The maximum absolute atomic E-state index is 11.5. The van der Waals surface area contributed by atoms with Crippen molar-refractivity contribution in [1.82, 2.24) is 4.57 Å². The van der Waals surface area contributed by atoms with Gasteiger partial charge in [0.2, 0.25) is 0 Å². The largest absolute Gasteiger partial charge is 0.466 e. The van der Waals surface area contributed by atoms with Gasteiger partial charge in [-0.15, -0.1) is 0 Å². The predicted molar refractivity (Wildman–Crippen MR) is 59.7 cm³/mol. The number of ether oxygens (including phenoxy) is 1. The average molecular weight is 274 g/mol. The number of pyridine rings is 1. The zero-order valence-electron chi connectivity index (χ0n) is 8.40. The molecule has 15 heavy (non-hydrogen) atoms. The van der Waals surface area contributed by atoms with Crippen LogP contribution in [0.5, 0.6) is 0 Å². The summed E-state index contributed by atoms with van der Waals surface area (Å²) in [5, 5.41) is 0. The Kier molecular flexibility index (Phi) is 4.55. The van der Waals surface area contributed by atoms with Gasteiger partial charge in [-0.3, -0.25) is 9.59 Å². The number of hydrogen-bond donors (Lipinski definition) is 0. The summed E-state index contributed by atoms with van der Waals surface area (Å²) in [7, 11) is 0. The number of carbonyl (C=O) groups excluding carboxylic acids is 1. The van der Waals surface area contributed by atoms with Crippen molar-refractivity contribution in [2.24, 2.45) is 0 Å². The Morgan fingerprint density at radius 2 is 2.33 bits per heavy atom. The van der Waals surface area contributed by atoms with E-state index in [9.17, 15) is 9.59 Å². The second kappa shape index (κ2) is 5.70. The molecule has 0 radical (unpaired) electrons. The SMILES string of the molecule is CCOC(=O)CCn1cccc(Br)c1=O. The molecule has 0 spiro atoms. The quantitative estimate of drug-likeness (QED) is 0.783. The first kappa shape index (κ1) is 12.0. The highest BCUT2D eigenvalue weighted by Gasteiger charge is 2.04. The molecular formula is C10H12BrNO3. The van der Waals surface area contributed by atoms with E-state index in [0.29, 0.717) is 17.6 Å². The van der Waals surface area contributed by atoms with Crippen molar-refractivity contribution >= 4 is 21.9 Å². The van der Waals surface area contributed by atoms with Gasteiger partial charge in [0.15, 0.2) is 0 Å². The first-order chi connectivity index (χ1) is 7.15. The van der Waals surface area contributed by atoms with E-state index in [1.807, 2.05) is 0 Å². The molecule has 0 fully saturated rings. The van der Waals surface area contributed by atoms with Crippen molar-refractivity contribution in [2.75, 3.05) is 6.61 Å². The lowest BCUT2D eigenvalue weighted by molar-refractivity contribution is -0.143. The molecule has 4 nitrogen and oxygen atoms in total. The fourth-order valence-electron chi connectivity index (χ4n) is 1.13. The summed E-state index contributed by atoms with van der Waals surface area (Å²) in [5.41, 5.74) is -0.137. The summed E-state index contributed by atoms with van der Waals surface area (Å²) in [4.78, 5) is 22.6. The maximum atomic E-state index is 11.5. The minimum absolute atomic E-state index is 0.137. The second-order valence-corrected chi connectivity index (χ2v) is 3.76. The van der Waals surface area contributed by atoms with E-state index in [1.165, 1.54) is 4.57 Å². The lowest BCUT2D eigenvalue weighted by atomic mass is 10.4. The Morgan fingerprint density at radius 1 is 1.60 bits per heavy atom. The normalized spacial score (nSPS) is 10.0. The molecule has 0 aliphatic heterocycles. The zero-order valence-corrected chi connectivity index (χ0v) is 9.99. The van der Waals surface area contributed by atoms with Crippen molar-refractivity contribution in [3.8, 4) is 0 Å². The molecule has 0 aromatic carbocycles. The maximum Gasteiger partial charge on any atom is 0.307 e. The van der Waals surface area contributed by atoms with Gasteiger partial charge in [0.1, 0.15) is 0 Å². The summed E-state index contributed by atoms with van der Waals surface area (Å²) in [6.45, 7) is 2.46. The lowest BCUT2D eigenvalue weighted by Gasteiger charge is -2.05. The Morgan fingerprint density at radius 3 is 3.00 bits per heavy atom. The number of nitrogens with zero attached hydrogens (tertiary/aromatic N) is 1. The van der Waals surface area contributed by atoms with E-state index >= 15 is 0 Å². The Balaban J connectivity index is 2.62. The molecule has 1 aromatic heterocycles. The highest BCUT2D eigenvalue weighted by atomic mass is 79.9. The van der Waals surface area contributed by atoms with Crippen LogP contribution in [0.4, 0.5) is 0 Å². The van der Waals surface area contributed by atoms with E-state index in [1.54, 1.807) is 25.3 Å². The van der Waals surface area contributed by atoms with Crippen molar-refractivity contribution in [3.63, 3.8) is 0 Å². The number of esters is 1. The molecule has 0 aliphatic rings. The third-order valence-electron chi connectivity index (χ3n) is 1.84. The topological polar surface area (TPSA) is 48.3 Å². The standard InChI is InChI=1S/C10H12BrNO3/c1-2-15-9(13)5-7-12-6-3-4-8(11)10(12)14/h3-4,6H,2,5,7H2,1H3. The predicted octanol–water partition coefficient (Wildman–Crippen LogP) is 1.56. The minimum atomic E-state index is -0.288. The molecule has 0 atom stereocenters. The van der Waals surface area contributed by atoms with Crippen LogP contribution < -0.4 is 5.56 Å². The van der Waals surface area contributed by atoms with Gasteiger partial charge in [0.05, 0.1) is 17.5 Å². The van der Waals surface area contributed by atoms with Gasteiger partial charge in [-0.1, -0.05) is 0 Å². The van der Waals surface area contributed by atoms with Crippen molar-refractivity contribution in [1.29, 1.82) is 0 Å². The van der Waals surface area contributed by atoms with Crippen molar-refractivity contribution in [2.45, 2.75) is 19.9 Å². The van der Waals surface area contributed by atoms with Crippen LogP contribution >= 0.6 is 15.9 Å². The lowest BCUT2D eigenvalue weighted by Crippen LogP contribution is -2.21. The monoisotopic (exact) mass is 273 g/mol. The van der Waals surface area contributed by atoms with Gasteiger partial charge in [0.25, 0.3) is 5.56 Å². The molecule has 5 heteroatoms. The molecule has 0 N–H and O–H groups in total. The molecule has 0 amide bonds. The fourth-order valence-corrected chi connectivity index (χ4v) is 1.51. The average Bonchev–Trinajstić information content (AvgIpc) is 2.21. The smallest absolute Gasteiger partial charge is 0.307 e. The first-order valence-corrected chi connectivity index (χ1v) is 5.45. The van der Waals surface area contributed by atoms with Crippen LogP contribution in [-0.4, -0.2) is 17.1 Å². The highest BCUT2D eigenvalue weighted by molar-refractivity contribution is 9.10. The van der Waals surface area contributed by atoms with Crippen LogP contribution in [0.1, 0.15) is 13.3 Å². The summed E-state index contributed by atoms with van der Waals surface area (Å²) >= 11 is 3.13. The molecule has 0 aliphatic carbocycles. The minimum Gasteiger partial charge on any atom is -0.466 e. The van der Waals surface area contributed by atoms with Gasteiger partial charge >= 0.3 is 5.97 Å². The Bertz CT molecular complexity index is 400.